The molecule has 0 aromatic heterocycles. The molecular weight excluding hydrogens is 294 g/mol. The molecule has 1 aromatic rings. The molecule has 2 rings (SSSR count). The van der Waals surface area contributed by atoms with Gasteiger partial charge in [0.1, 0.15) is 5.56 Å². The predicted octanol–water partition coefficient (Wildman–Crippen LogP) is 2.27. The van der Waals surface area contributed by atoms with Crippen LogP contribution in [0.15, 0.2) is 18.2 Å². The van der Waals surface area contributed by atoms with E-state index in [1.54, 1.807) is 4.90 Å². The van der Waals surface area contributed by atoms with Crippen molar-refractivity contribution >= 4 is 23.2 Å². The van der Waals surface area contributed by atoms with Crippen molar-refractivity contribution < 1.29 is 9.72 Å². The van der Waals surface area contributed by atoms with Crippen molar-refractivity contribution in [3.8, 4) is 0 Å². The highest BCUT2D eigenvalue weighted by atomic mass is 35.5. The van der Waals surface area contributed by atoms with Gasteiger partial charge in [-0.05, 0) is 32.5 Å². The second kappa shape index (κ2) is 6.41. The molecule has 6 nitrogen and oxygen atoms in total. The number of hydrogen-bond donors (Lipinski definition) is 0. The summed E-state index contributed by atoms with van der Waals surface area (Å²) in [6.45, 7) is 2.12. The average Bonchev–Trinajstić information content (AvgIpc) is 2.85. The van der Waals surface area contributed by atoms with E-state index >= 15 is 0 Å². The van der Waals surface area contributed by atoms with E-state index in [-0.39, 0.29) is 22.2 Å². The summed E-state index contributed by atoms with van der Waals surface area (Å²) in [6.07, 6.45) is 0.905. The molecule has 1 aromatic carbocycles. The molecule has 1 heterocycles. The Morgan fingerprint density at radius 2 is 2.24 bits per heavy atom. The highest BCUT2D eigenvalue weighted by molar-refractivity contribution is 6.34. The van der Waals surface area contributed by atoms with E-state index in [1.807, 2.05) is 14.1 Å². The standard InChI is InChI=1S/C14H18ClN3O3/c1-16(2)8-10-6-7-17(9-10)14(19)13-11(15)4-3-5-12(13)18(20)21/h3-5,10H,6-9H2,1-2H3/t10-/m1/s1. The fraction of sp³-hybridized carbons (Fsp3) is 0.500. The van der Waals surface area contributed by atoms with E-state index in [4.69, 9.17) is 11.6 Å². The second-order valence-electron chi connectivity index (χ2n) is 5.56. The number of carbonyl (C=O) groups is 1. The van der Waals surface area contributed by atoms with Crippen LogP contribution in [0.25, 0.3) is 0 Å². The maximum absolute atomic E-state index is 12.5. The van der Waals surface area contributed by atoms with Crippen molar-refractivity contribution in [2.45, 2.75) is 6.42 Å². The van der Waals surface area contributed by atoms with E-state index in [0.29, 0.717) is 19.0 Å². The van der Waals surface area contributed by atoms with Crippen molar-refractivity contribution in [3.63, 3.8) is 0 Å². The summed E-state index contributed by atoms with van der Waals surface area (Å²) in [5.74, 6) is 0.0408. The molecule has 114 valence electrons. The summed E-state index contributed by atoms with van der Waals surface area (Å²) in [6, 6.07) is 4.30. The maximum atomic E-state index is 12.5. The van der Waals surface area contributed by atoms with Crippen molar-refractivity contribution in [2.75, 3.05) is 33.7 Å². The Hall–Kier alpha value is -1.66. The lowest BCUT2D eigenvalue weighted by Crippen LogP contribution is -2.31. The molecule has 0 N–H and O–H groups in total. The first-order valence-corrected chi connectivity index (χ1v) is 7.15. The number of hydrogen-bond acceptors (Lipinski definition) is 4. The number of rotatable bonds is 4. The first-order valence-electron chi connectivity index (χ1n) is 6.77. The van der Waals surface area contributed by atoms with Gasteiger partial charge in [-0.15, -0.1) is 0 Å². The molecule has 0 bridgehead atoms. The van der Waals surface area contributed by atoms with E-state index < -0.39 is 4.92 Å². The number of carbonyl (C=O) groups excluding carboxylic acids is 1. The summed E-state index contributed by atoms with van der Waals surface area (Å²) in [4.78, 5) is 26.8. The zero-order chi connectivity index (χ0) is 15.6. The molecule has 1 saturated heterocycles. The minimum atomic E-state index is -0.563. The van der Waals surface area contributed by atoms with Crippen LogP contribution in [0.4, 0.5) is 5.69 Å². The van der Waals surface area contributed by atoms with Gasteiger partial charge < -0.3 is 9.80 Å². The number of nitro benzene ring substituents is 1. The Morgan fingerprint density at radius 3 is 2.86 bits per heavy atom. The molecule has 1 fully saturated rings. The van der Waals surface area contributed by atoms with Gasteiger partial charge in [0.2, 0.25) is 0 Å². The zero-order valence-electron chi connectivity index (χ0n) is 12.1. The Balaban J connectivity index is 2.20. The lowest BCUT2D eigenvalue weighted by Gasteiger charge is -2.19. The number of likely N-dealkylation sites (tertiary alicyclic amines) is 1. The summed E-state index contributed by atoms with van der Waals surface area (Å²) in [5, 5.41) is 11.2. The fourth-order valence-corrected chi connectivity index (χ4v) is 2.97. The van der Waals surface area contributed by atoms with Gasteiger partial charge in [0.15, 0.2) is 0 Å². The molecule has 1 aliphatic rings. The lowest BCUT2D eigenvalue weighted by atomic mass is 10.1. The van der Waals surface area contributed by atoms with Crippen LogP contribution in [-0.4, -0.2) is 54.4 Å². The highest BCUT2D eigenvalue weighted by Crippen LogP contribution is 2.29. The molecule has 0 unspecified atom stereocenters. The summed E-state index contributed by atoms with van der Waals surface area (Å²) in [5.41, 5.74) is -0.238. The van der Waals surface area contributed by atoms with Gasteiger partial charge >= 0.3 is 0 Å². The van der Waals surface area contributed by atoms with E-state index in [1.165, 1.54) is 18.2 Å². The normalized spacial score (nSPS) is 18.3. The third-order valence-electron chi connectivity index (χ3n) is 3.60. The third kappa shape index (κ3) is 3.51. The van der Waals surface area contributed by atoms with Gasteiger partial charge in [-0.25, -0.2) is 0 Å². The fourth-order valence-electron chi connectivity index (χ4n) is 2.72. The minimum Gasteiger partial charge on any atom is -0.338 e. The second-order valence-corrected chi connectivity index (χ2v) is 5.97. The van der Waals surface area contributed by atoms with Crippen molar-refractivity contribution in [2.24, 2.45) is 5.92 Å². The van der Waals surface area contributed by atoms with Crippen molar-refractivity contribution in [1.82, 2.24) is 9.80 Å². The van der Waals surface area contributed by atoms with Crippen LogP contribution in [0.1, 0.15) is 16.8 Å². The van der Waals surface area contributed by atoms with Gasteiger partial charge in [0.25, 0.3) is 11.6 Å². The first kappa shape index (κ1) is 15.7. The number of benzene rings is 1. The van der Waals surface area contributed by atoms with Crippen LogP contribution in [0.2, 0.25) is 5.02 Å². The molecule has 1 aliphatic heterocycles. The largest absolute Gasteiger partial charge is 0.338 e. The number of nitro groups is 1. The monoisotopic (exact) mass is 311 g/mol. The number of halogens is 1. The van der Waals surface area contributed by atoms with Gasteiger partial charge in [-0.2, -0.15) is 0 Å². The van der Waals surface area contributed by atoms with Crippen LogP contribution in [0, 0.1) is 16.0 Å². The van der Waals surface area contributed by atoms with Crippen LogP contribution in [0.5, 0.6) is 0 Å². The minimum absolute atomic E-state index is 0.00494. The molecule has 0 radical (unpaired) electrons. The first-order chi connectivity index (χ1) is 9.90. The Morgan fingerprint density at radius 1 is 1.52 bits per heavy atom. The summed E-state index contributed by atoms with van der Waals surface area (Å²) < 4.78 is 0. The number of nitrogens with zero attached hydrogens (tertiary/aromatic N) is 3. The molecule has 1 atom stereocenters. The van der Waals surface area contributed by atoms with Gasteiger partial charge in [0, 0.05) is 25.7 Å². The molecule has 0 spiro atoms. The predicted molar refractivity (Wildman–Crippen MR) is 80.7 cm³/mol. The lowest BCUT2D eigenvalue weighted by molar-refractivity contribution is -0.385. The van der Waals surface area contributed by atoms with Gasteiger partial charge in [-0.1, -0.05) is 17.7 Å². The SMILES string of the molecule is CN(C)C[C@H]1CCN(C(=O)c2c(Cl)cccc2[N+](=O)[O-])C1. The highest BCUT2D eigenvalue weighted by Gasteiger charge is 2.32. The van der Waals surface area contributed by atoms with E-state index in [2.05, 4.69) is 4.90 Å². The van der Waals surface area contributed by atoms with Crippen LogP contribution in [-0.2, 0) is 0 Å². The van der Waals surface area contributed by atoms with Gasteiger partial charge in [0.05, 0.1) is 9.95 Å². The Labute approximate surface area is 128 Å². The van der Waals surface area contributed by atoms with Crippen LogP contribution >= 0.6 is 11.6 Å². The van der Waals surface area contributed by atoms with Crippen LogP contribution < -0.4 is 0 Å². The van der Waals surface area contributed by atoms with E-state index in [9.17, 15) is 14.9 Å². The van der Waals surface area contributed by atoms with E-state index in [0.717, 1.165) is 13.0 Å². The van der Waals surface area contributed by atoms with Crippen molar-refractivity contribution in [3.05, 3.63) is 38.9 Å². The molecule has 0 aliphatic carbocycles. The van der Waals surface area contributed by atoms with Gasteiger partial charge in [-0.3, -0.25) is 14.9 Å². The quantitative estimate of drug-likeness (QED) is 0.632. The summed E-state index contributed by atoms with van der Waals surface area (Å²) >= 11 is 6.01. The molecule has 7 heteroatoms. The Kier molecular flexibility index (Phi) is 4.80. The zero-order valence-corrected chi connectivity index (χ0v) is 12.8. The maximum Gasteiger partial charge on any atom is 0.283 e. The Bertz CT molecular complexity index is 562. The van der Waals surface area contributed by atoms with Crippen molar-refractivity contribution in [1.29, 1.82) is 0 Å². The smallest absolute Gasteiger partial charge is 0.283 e. The molecule has 1 amide bonds. The molecule has 21 heavy (non-hydrogen) atoms. The summed E-state index contributed by atoms with van der Waals surface area (Å²) in [7, 11) is 3.98. The topological polar surface area (TPSA) is 66.7 Å². The van der Waals surface area contributed by atoms with Crippen LogP contribution in [0.3, 0.4) is 0 Å². The molecule has 0 saturated carbocycles. The number of amides is 1. The third-order valence-corrected chi connectivity index (χ3v) is 3.91. The average molecular weight is 312 g/mol. The molecular formula is C14H18ClN3O3.